The van der Waals surface area contributed by atoms with Crippen LogP contribution in [0.2, 0.25) is 0 Å². The van der Waals surface area contributed by atoms with Crippen LogP contribution in [0.1, 0.15) is 232 Å². The van der Waals surface area contributed by atoms with Crippen LogP contribution in [0, 0.1) is 0 Å². The summed E-state index contributed by atoms with van der Waals surface area (Å²) in [6.45, 7) is 3.88. The summed E-state index contributed by atoms with van der Waals surface area (Å²) < 4.78 is 33.4. The van der Waals surface area contributed by atoms with E-state index in [2.05, 4.69) is 38.2 Å². The zero-order valence-electron chi connectivity index (χ0n) is 38.1. The van der Waals surface area contributed by atoms with Crippen LogP contribution in [0.4, 0.5) is 0 Å². The lowest BCUT2D eigenvalue weighted by Crippen LogP contribution is -2.34. The van der Waals surface area contributed by atoms with E-state index in [9.17, 15) is 19.0 Å². The minimum absolute atomic E-state index is 0.0164. The molecule has 0 saturated heterocycles. The van der Waals surface area contributed by atoms with Crippen molar-refractivity contribution in [3.05, 3.63) is 24.3 Å². The lowest BCUT2D eigenvalue weighted by molar-refractivity contribution is -0.154. The molecule has 10 nitrogen and oxygen atoms in total. The molecule has 0 aliphatic heterocycles. The summed E-state index contributed by atoms with van der Waals surface area (Å²) in [5.74, 6) is -1.78. The van der Waals surface area contributed by atoms with Crippen molar-refractivity contribution in [2.24, 2.45) is 5.73 Å². The summed E-state index contributed by atoms with van der Waals surface area (Å²) >= 11 is 0. The number of hydrogen-bond donors (Lipinski definition) is 3. The number of carboxylic acids is 1. The first kappa shape index (κ1) is 57.4. The molecule has 0 amide bonds. The maximum atomic E-state index is 12.6. The van der Waals surface area contributed by atoms with E-state index < -0.39 is 45.1 Å². The number of carbonyl (C=O) groups excluding carboxylic acids is 1. The standard InChI is InChI=1S/C48H92NO9P/c1-3-5-7-9-11-13-15-17-18-19-20-21-22-23-24-25-26-27-29-31-33-35-37-39-41-55-42-45(43-56-59(53,54)57-44-46(49)48(51)52)58-47(50)40-38-36-34-32-30-28-16-14-12-10-8-6-4-2/h14,16,19-20,45-46H,3-13,15,17-18,21-44,49H2,1-2H3,(H,51,52)(H,53,54)/b16-14-,20-19-. The van der Waals surface area contributed by atoms with Crippen molar-refractivity contribution < 1.29 is 42.7 Å². The lowest BCUT2D eigenvalue weighted by atomic mass is 10.0. The quantitative estimate of drug-likeness (QED) is 0.0233. The molecule has 0 saturated carbocycles. The second kappa shape index (κ2) is 44.5. The molecule has 0 spiro atoms. The van der Waals surface area contributed by atoms with Crippen molar-refractivity contribution in [1.29, 1.82) is 0 Å². The average molecular weight is 858 g/mol. The lowest BCUT2D eigenvalue weighted by Gasteiger charge is -2.20. The number of carboxylic acid groups (broad SMARTS) is 1. The third-order valence-corrected chi connectivity index (χ3v) is 11.7. The molecule has 0 fully saturated rings. The fourth-order valence-corrected chi connectivity index (χ4v) is 7.67. The number of allylic oxidation sites excluding steroid dienone is 4. The molecule has 0 bridgehead atoms. The van der Waals surface area contributed by atoms with Gasteiger partial charge in [0.15, 0.2) is 0 Å². The van der Waals surface area contributed by atoms with Gasteiger partial charge in [-0.2, -0.15) is 0 Å². The molecule has 11 heteroatoms. The second-order valence-corrected chi connectivity index (χ2v) is 18.0. The third-order valence-electron chi connectivity index (χ3n) is 10.7. The van der Waals surface area contributed by atoms with E-state index in [-0.39, 0.29) is 13.0 Å². The SMILES string of the molecule is CCCCCC/C=C\CCCCCCCC(=O)OC(COCCCCCCCCCCCCCC/C=C\CCCCCCCCCC)COP(=O)(O)OCC(N)C(=O)O. The normalized spacial score (nSPS) is 14.0. The minimum Gasteiger partial charge on any atom is -0.480 e. The number of esters is 1. The van der Waals surface area contributed by atoms with Gasteiger partial charge < -0.3 is 25.2 Å². The number of nitrogens with two attached hydrogens (primary N) is 1. The number of phosphoric ester groups is 1. The molecule has 0 aromatic carbocycles. The van der Waals surface area contributed by atoms with Gasteiger partial charge in [-0.25, -0.2) is 4.57 Å². The van der Waals surface area contributed by atoms with Gasteiger partial charge in [0, 0.05) is 13.0 Å². The van der Waals surface area contributed by atoms with Gasteiger partial charge in [-0.3, -0.25) is 18.6 Å². The summed E-state index contributed by atoms with van der Waals surface area (Å²) in [7, 11) is -4.62. The molecule has 0 aromatic heterocycles. The number of phosphoric acid groups is 1. The zero-order chi connectivity index (χ0) is 43.3. The first-order valence-corrected chi connectivity index (χ1v) is 25.9. The molecule has 4 N–H and O–H groups in total. The number of hydrogen-bond acceptors (Lipinski definition) is 8. The molecular formula is C48H92NO9P. The Morgan fingerprint density at radius 3 is 1.31 bits per heavy atom. The van der Waals surface area contributed by atoms with E-state index >= 15 is 0 Å². The fraction of sp³-hybridized carbons (Fsp3) is 0.875. The van der Waals surface area contributed by atoms with Gasteiger partial charge >= 0.3 is 19.8 Å². The number of aliphatic carboxylic acids is 1. The summed E-state index contributed by atoms with van der Waals surface area (Å²) in [6, 6.07) is -1.47. The van der Waals surface area contributed by atoms with E-state index in [1.807, 2.05) is 0 Å². The van der Waals surface area contributed by atoms with Crippen molar-refractivity contribution in [3.63, 3.8) is 0 Å². The van der Waals surface area contributed by atoms with Crippen LogP contribution in [0.25, 0.3) is 0 Å². The maximum absolute atomic E-state index is 12.6. The number of rotatable bonds is 47. The predicted octanol–water partition coefficient (Wildman–Crippen LogP) is 13.9. The predicted molar refractivity (Wildman–Crippen MR) is 245 cm³/mol. The number of carbonyl (C=O) groups is 2. The van der Waals surface area contributed by atoms with Crippen molar-refractivity contribution in [1.82, 2.24) is 0 Å². The third kappa shape index (κ3) is 44.3. The van der Waals surface area contributed by atoms with Gasteiger partial charge in [0.25, 0.3) is 0 Å². The summed E-state index contributed by atoms with van der Waals surface area (Å²) in [6.07, 6.45) is 49.6. The Labute approximate surface area is 362 Å². The second-order valence-electron chi connectivity index (χ2n) is 16.6. The largest absolute Gasteiger partial charge is 0.480 e. The summed E-state index contributed by atoms with van der Waals surface area (Å²) in [4.78, 5) is 33.6. The van der Waals surface area contributed by atoms with Gasteiger partial charge in [0.1, 0.15) is 12.1 Å². The van der Waals surface area contributed by atoms with Crippen LogP contribution in [0.5, 0.6) is 0 Å². The molecule has 0 rings (SSSR count). The van der Waals surface area contributed by atoms with Crippen LogP contribution < -0.4 is 5.73 Å². The van der Waals surface area contributed by atoms with Crippen molar-refractivity contribution in [2.45, 2.75) is 244 Å². The highest BCUT2D eigenvalue weighted by Gasteiger charge is 2.27. The van der Waals surface area contributed by atoms with Crippen LogP contribution in [0.15, 0.2) is 24.3 Å². The smallest absolute Gasteiger partial charge is 0.472 e. The molecule has 0 heterocycles. The number of ether oxygens (including phenoxy) is 2. The summed E-state index contributed by atoms with van der Waals surface area (Å²) in [5.41, 5.74) is 5.36. The van der Waals surface area contributed by atoms with E-state index in [0.717, 1.165) is 51.4 Å². The Kier molecular flexibility index (Phi) is 43.3. The highest BCUT2D eigenvalue weighted by molar-refractivity contribution is 7.47. The first-order valence-electron chi connectivity index (χ1n) is 24.4. The molecule has 0 radical (unpaired) electrons. The first-order chi connectivity index (χ1) is 28.7. The Bertz CT molecular complexity index is 1040. The Morgan fingerprint density at radius 2 is 0.881 bits per heavy atom. The Hall–Kier alpha value is -1.55. The van der Waals surface area contributed by atoms with Crippen LogP contribution in [0.3, 0.4) is 0 Å². The average Bonchev–Trinajstić information content (AvgIpc) is 3.21. The highest BCUT2D eigenvalue weighted by Crippen LogP contribution is 2.43. The minimum atomic E-state index is -4.62. The van der Waals surface area contributed by atoms with Crippen LogP contribution in [-0.2, 0) is 32.7 Å². The van der Waals surface area contributed by atoms with E-state index in [0.29, 0.717) is 13.0 Å². The van der Waals surface area contributed by atoms with E-state index in [1.54, 1.807) is 0 Å². The summed E-state index contributed by atoms with van der Waals surface area (Å²) in [5, 5.41) is 8.91. The van der Waals surface area contributed by atoms with Gasteiger partial charge in [0.05, 0.1) is 19.8 Å². The van der Waals surface area contributed by atoms with Gasteiger partial charge in [0.2, 0.25) is 0 Å². The molecule has 3 atom stereocenters. The van der Waals surface area contributed by atoms with Crippen LogP contribution >= 0.6 is 7.82 Å². The fourth-order valence-electron chi connectivity index (χ4n) is 6.89. The van der Waals surface area contributed by atoms with Crippen molar-refractivity contribution in [2.75, 3.05) is 26.4 Å². The number of unbranched alkanes of at least 4 members (excludes halogenated alkanes) is 29. The van der Waals surface area contributed by atoms with Crippen molar-refractivity contribution >= 4 is 19.8 Å². The Balaban J connectivity index is 4.08. The zero-order valence-corrected chi connectivity index (χ0v) is 39.0. The molecular weight excluding hydrogens is 766 g/mol. The molecule has 348 valence electrons. The van der Waals surface area contributed by atoms with Crippen LogP contribution in [-0.4, -0.2) is 60.5 Å². The Morgan fingerprint density at radius 1 is 0.525 bits per heavy atom. The highest BCUT2D eigenvalue weighted by atomic mass is 31.2. The molecule has 0 aromatic rings. The molecule has 0 aliphatic rings. The molecule has 0 aliphatic carbocycles. The van der Waals surface area contributed by atoms with E-state index in [4.69, 9.17) is 29.4 Å². The molecule has 59 heavy (non-hydrogen) atoms. The molecule has 3 unspecified atom stereocenters. The maximum Gasteiger partial charge on any atom is 0.472 e. The van der Waals surface area contributed by atoms with Gasteiger partial charge in [-0.1, -0.05) is 186 Å². The topological polar surface area (TPSA) is 155 Å². The monoisotopic (exact) mass is 858 g/mol. The van der Waals surface area contributed by atoms with Gasteiger partial charge in [-0.15, -0.1) is 0 Å². The van der Waals surface area contributed by atoms with E-state index in [1.165, 1.54) is 154 Å². The van der Waals surface area contributed by atoms with Crippen molar-refractivity contribution in [3.8, 4) is 0 Å². The van der Waals surface area contributed by atoms with Gasteiger partial charge in [-0.05, 0) is 64.2 Å².